The number of nitrogens with zero attached hydrogens (tertiary/aromatic N) is 6. The van der Waals surface area contributed by atoms with Gasteiger partial charge in [-0.3, -0.25) is 0 Å². The average Bonchev–Trinajstić information content (AvgIpc) is 1.53. The Morgan fingerprint density at radius 1 is 0.238 bits per heavy atom. The summed E-state index contributed by atoms with van der Waals surface area (Å²) < 4.78 is 25.2. The Bertz CT molecular complexity index is 4800. The lowest BCUT2D eigenvalue weighted by molar-refractivity contribution is 0.616. The Kier molecular flexibility index (Phi) is 10.1. The maximum atomic E-state index is 7.54. The molecule has 84 heavy (non-hydrogen) atoms. The third-order valence-electron chi connectivity index (χ3n) is 18.2. The molecule has 0 atom stereocenters. The fourth-order valence-electron chi connectivity index (χ4n) is 14.7. The van der Waals surface area contributed by atoms with Crippen molar-refractivity contribution in [2.45, 2.75) is 55.4 Å². The molecule has 0 aliphatic carbocycles. The van der Waals surface area contributed by atoms with Crippen molar-refractivity contribution in [2.24, 2.45) is 0 Å². The molecule has 17 aromatic rings. The van der Waals surface area contributed by atoms with E-state index in [-0.39, 0.29) is 0 Å². The Hall–Kier alpha value is -10.4. The molecule has 0 amide bonds. The molecule has 0 saturated heterocycles. The number of aromatic nitrogens is 6. The Morgan fingerprint density at radius 3 is 0.643 bits per heavy atom. The van der Waals surface area contributed by atoms with Crippen LogP contribution in [0.2, 0.25) is 0 Å². The van der Waals surface area contributed by atoms with Gasteiger partial charge in [0, 0.05) is 43.1 Å². The number of para-hydroxylation sites is 4. The largest absolute Gasteiger partial charge is 0.436 e. The molecule has 8 heteroatoms. The molecule has 0 aliphatic heterocycles. The Balaban J connectivity index is 1.30. The van der Waals surface area contributed by atoms with Gasteiger partial charge in [-0.1, -0.05) is 121 Å². The van der Waals surface area contributed by atoms with Gasteiger partial charge in [0.25, 0.3) is 0 Å². The summed E-state index contributed by atoms with van der Waals surface area (Å²) in [7, 11) is 0. The standard InChI is InChI=1S/C76H56N6O2/c1-41-21-13-31-51-61(41)62-42(2)22-14-32-52(62)79(51)71-69(75-77-49-29-9-11-39-59(49)83-75)73(81-55-35-17-25-45(5)65(55)66-46(6)26-18-36-56(66)81)74(82-57-37-19-27-47(7)67(57)68-48(8)28-20-38-58(68)82)70(76-78-50-30-10-12-40-60(50)84-76)72(71)80-53-33-15-23-43(3)63(53)64-44(4)24-16-34-54(64)80/h9-40H,1-8H3. The molecule has 0 spiro atoms. The van der Waals surface area contributed by atoms with E-state index in [9.17, 15) is 0 Å². The number of fused-ring (bicyclic) bond motifs is 14. The van der Waals surface area contributed by atoms with Gasteiger partial charge in [-0.25, -0.2) is 9.97 Å². The summed E-state index contributed by atoms with van der Waals surface area (Å²) in [6.07, 6.45) is 0. The molecular formula is C76H56N6O2. The predicted molar refractivity (Wildman–Crippen MR) is 348 cm³/mol. The molecule has 6 heterocycles. The molecular weight excluding hydrogens is 1030 g/mol. The van der Waals surface area contributed by atoms with Gasteiger partial charge in [-0.15, -0.1) is 0 Å². The van der Waals surface area contributed by atoms with Crippen molar-refractivity contribution >= 4 is 109 Å². The number of hydrogen-bond acceptors (Lipinski definition) is 4. The highest BCUT2D eigenvalue weighted by molar-refractivity contribution is 6.20. The lowest BCUT2D eigenvalue weighted by Gasteiger charge is -2.29. The first kappa shape index (κ1) is 48.3. The van der Waals surface area contributed by atoms with Crippen molar-refractivity contribution < 1.29 is 8.83 Å². The average molecular weight is 1090 g/mol. The van der Waals surface area contributed by atoms with E-state index in [1.807, 2.05) is 36.4 Å². The maximum Gasteiger partial charge on any atom is 0.231 e. The second-order valence-corrected chi connectivity index (χ2v) is 23.2. The summed E-state index contributed by atoms with van der Waals surface area (Å²) in [5, 5.41) is 9.44. The minimum Gasteiger partial charge on any atom is -0.436 e. The lowest BCUT2D eigenvalue weighted by atomic mass is 9.96. The fraction of sp³-hybridized carbons (Fsp3) is 0.105. The van der Waals surface area contributed by atoms with Gasteiger partial charge in [-0.2, -0.15) is 0 Å². The van der Waals surface area contributed by atoms with Crippen LogP contribution in [0.3, 0.4) is 0 Å². The smallest absolute Gasteiger partial charge is 0.231 e. The van der Waals surface area contributed by atoms with E-state index in [4.69, 9.17) is 18.8 Å². The van der Waals surface area contributed by atoms with Gasteiger partial charge in [0.15, 0.2) is 11.2 Å². The molecule has 6 aromatic heterocycles. The molecule has 0 N–H and O–H groups in total. The van der Waals surface area contributed by atoms with Crippen molar-refractivity contribution in [1.29, 1.82) is 0 Å². The zero-order chi connectivity index (χ0) is 56.5. The van der Waals surface area contributed by atoms with Crippen LogP contribution in [0.1, 0.15) is 44.5 Å². The molecule has 0 unspecified atom stereocenters. The second-order valence-electron chi connectivity index (χ2n) is 23.2. The highest BCUT2D eigenvalue weighted by atomic mass is 16.4. The number of hydrogen-bond donors (Lipinski definition) is 0. The van der Waals surface area contributed by atoms with E-state index in [1.54, 1.807) is 0 Å². The van der Waals surface area contributed by atoms with Crippen LogP contribution in [0.5, 0.6) is 0 Å². The molecule has 0 fully saturated rings. The normalized spacial score (nSPS) is 12.3. The van der Waals surface area contributed by atoms with Crippen molar-refractivity contribution in [3.8, 4) is 45.7 Å². The minimum atomic E-state index is 0.472. The first-order valence-electron chi connectivity index (χ1n) is 29.0. The number of rotatable bonds is 6. The zero-order valence-electron chi connectivity index (χ0n) is 48.0. The molecule has 11 aromatic carbocycles. The summed E-state index contributed by atoms with van der Waals surface area (Å²) in [5.41, 5.74) is 25.7. The number of benzene rings is 11. The van der Waals surface area contributed by atoms with Crippen LogP contribution in [0, 0.1) is 55.4 Å². The van der Waals surface area contributed by atoms with Gasteiger partial charge in [0.1, 0.15) is 11.0 Å². The van der Waals surface area contributed by atoms with E-state index >= 15 is 0 Å². The molecule has 402 valence electrons. The van der Waals surface area contributed by atoms with Crippen LogP contribution in [0.15, 0.2) is 203 Å². The summed E-state index contributed by atoms with van der Waals surface area (Å²) in [6, 6.07) is 70.3. The number of oxazole rings is 2. The quantitative estimate of drug-likeness (QED) is 0.166. The monoisotopic (exact) mass is 1080 g/mol. The molecule has 0 bridgehead atoms. The minimum absolute atomic E-state index is 0.472. The van der Waals surface area contributed by atoms with E-state index in [0.717, 1.165) is 89.0 Å². The Labute approximate surface area is 483 Å². The Morgan fingerprint density at radius 2 is 0.440 bits per heavy atom. The molecule has 0 aliphatic rings. The lowest BCUT2D eigenvalue weighted by Crippen LogP contribution is -2.16. The fourth-order valence-corrected chi connectivity index (χ4v) is 14.7. The van der Waals surface area contributed by atoms with Gasteiger partial charge < -0.3 is 27.1 Å². The van der Waals surface area contributed by atoms with Gasteiger partial charge >= 0.3 is 0 Å². The summed E-state index contributed by atoms with van der Waals surface area (Å²) in [4.78, 5) is 11.5. The van der Waals surface area contributed by atoms with Crippen molar-refractivity contribution in [3.05, 3.63) is 239 Å². The highest BCUT2D eigenvalue weighted by Crippen LogP contribution is 2.56. The SMILES string of the molecule is Cc1cccc2c1c1c(C)cccc1n2-c1c(-c2nc3ccccc3o2)c(-n2c3cccc(C)c3c3c(C)cccc32)c(-n2c3cccc(C)c3c3c(C)cccc32)c(-c2nc3ccccc3o2)c1-n1c2cccc(C)c2c2c(C)cccc21. The molecule has 0 saturated carbocycles. The van der Waals surface area contributed by atoms with E-state index in [2.05, 4.69) is 231 Å². The topological polar surface area (TPSA) is 71.8 Å². The van der Waals surface area contributed by atoms with Crippen LogP contribution >= 0.6 is 0 Å². The predicted octanol–water partition coefficient (Wildman–Crippen LogP) is 20.2. The first-order valence-corrected chi connectivity index (χ1v) is 29.0. The van der Waals surface area contributed by atoms with Crippen LogP contribution in [0.25, 0.3) is 155 Å². The van der Waals surface area contributed by atoms with E-state index < -0.39 is 0 Å². The van der Waals surface area contributed by atoms with Gasteiger partial charge in [-0.05, 0) is 173 Å². The van der Waals surface area contributed by atoms with E-state index in [0.29, 0.717) is 22.9 Å². The maximum absolute atomic E-state index is 7.54. The van der Waals surface area contributed by atoms with E-state index in [1.165, 1.54) is 87.6 Å². The molecule has 8 nitrogen and oxygen atoms in total. The van der Waals surface area contributed by atoms with Crippen LogP contribution in [0.4, 0.5) is 0 Å². The van der Waals surface area contributed by atoms with Crippen LogP contribution < -0.4 is 0 Å². The van der Waals surface area contributed by atoms with Gasteiger partial charge in [0.2, 0.25) is 11.8 Å². The van der Waals surface area contributed by atoms with Crippen molar-refractivity contribution in [3.63, 3.8) is 0 Å². The van der Waals surface area contributed by atoms with Crippen molar-refractivity contribution in [1.82, 2.24) is 28.2 Å². The molecule has 17 rings (SSSR count). The van der Waals surface area contributed by atoms with Crippen LogP contribution in [-0.2, 0) is 0 Å². The highest BCUT2D eigenvalue weighted by Gasteiger charge is 2.39. The second kappa shape index (κ2) is 17.5. The number of aryl methyl sites for hydroxylation is 8. The van der Waals surface area contributed by atoms with Gasteiger partial charge in [0.05, 0.1) is 78.0 Å². The summed E-state index contributed by atoms with van der Waals surface area (Å²) >= 11 is 0. The summed E-state index contributed by atoms with van der Waals surface area (Å²) in [6.45, 7) is 17.9. The third kappa shape index (κ3) is 6.42. The molecule has 0 radical (unpaired) electrons. The van der Waals surface area contributed by atoms with Crippen LogP contribution in [-0.4, -0.2) is 28.2 Å². The first-order chi connectivity index (χ1) is 41.0. The summed E-state index contributed by atoms with van der Waals surface area (Å²) in [5.74, 6) is 0.944. The zero-order valence-corrected chi connectivity index (χ0v) is 48.0. The van der Waals surface area contributed by atoms with Crippen molar-refractivity contribution in [2.75, 3.05) is 0 Å². The third-order valence-corrected chi connectivity index (χ3v) is 18.2.